The average molecular weight is 493 g/mol. The van der Waals surface area contributed by atoms with Gasteiger partial charge in [0, 0.05) is 11.6 Å². The Balaban J connectivity index is 1.90. The number of hydrogen-bond acceptors (Lipinski definition) is 7. The van der Waals surface area contributed by atoms with Crippen molar-refractivity contribution in [3.63, 3.8) is 0 Å². The first-order valence-electron chi connectivity index (χ1n) is 12.9. The normalized spacial score (nSPS) is 32.2. The molecule has 0 amide bonds. The van der Waals surface area contributed by atoms with Crippen molar-refractivity contribution < 1.29 is 19.1 Å². The summed E-state index contributed by atoms with van der Waals surface area (Å²) in [7, 11) is 0. The molecule has 0 spiro atoms. The largest absolute Gasteiger partial charge is 0.462 e. The number of hydrogen-bond donors (Lipinski definition) is 1. The fraction of sp³-hybridized carbons (Fsp3) is 0.815. The molecule has 1 aliphatic heterocycles. The predicted molar refractivity (Wildman–Crippen MR) is 135 cm³/mol. The van der Waals surface area contributed by atoms with Crippen LogP contribution in [0.25, 0.3) is 0 Å². The highest BCUT2D eigenvalue weighted by atomic mass is 32.1. The summed E-state index contributed by atoms with van der Waals surface area (Å²) in [5, 5.41) is 6.27. The third-order valence-electron chi connectivity index (χ3n) is 7.20. The number of nitrogens with one attached hydrogen (secondary N) is 1. The molecule has 1 aromatic heterocycles. The average Bonchev–Trinajstić information content (AvgIpc) is 3.34. The lowest BCUT2D eigenvalue weighted by Crippen LogP contribution is -2.52. The van der Waals surface area contributed by atoms with E-state index < -0.39 is 17.1 Å². The van der Waals surface area contributed by atoms with Crippen LogP contribution in [0.1, 0.15) is 98.5 Å². The van der Waals surface area contributed by atoms with Gasteiger partial charge < -0.3 is 9.47 Å². The van der Waals surface area contributed by atoms with Crippen molar-refractivity contribution in [1.82, 2.24) is 10.3 Å². The molecule has 2 aliphatic rings. The number of ether oxygens (including phenoxy) is 2. The first-order chi connectivity index (χ1) is 15.8. The van der Waals surface area contributed by atoms with Gasteiger partial charge in [0.1, 0.15) is 22.3 Å². The second-order valence-electron chi connectivity index (χ2n) is 12.3. The molecule has 3 rings (SSSR count). The van der Waals surface area contributed by atoms with E-state index >= 15 is 0 Å². The van der Waals surface area contributed by atoms with Gasteiger partial charge in [0.05, 0.1) is 12.0 Å². The van der Waals surface area contributed by atoms with E-state index in [-0.39, 0.29) is 30.0 Å². The Morgan fingerprint density at radius 2 is 1.94 bits per heavy atom. The van der Waals surface area contributed by atoms with E-state index in [1.807, 2.05) is 26.2 Å². The van der Waals surface area contributed by atoms with Crippen LogP contribution >= 0.6 is 11.3 Å². The summed E-state index contributed by atoms with van der Waals surface area (Å²) in [6.45, 7) is 16.5. The van der Waals surface area contributed by atoms with Crippen LogP contribution in [-0.4, -0.2) is 34.2 Å². The molecule has 2 fully saturated rings. The molecule has 6 nitrogen and oxygen atoms in total. The van der Waals surface area contributed by atoms with Gasteiger partial charge in [-0.3, -0.25) is 14.9 Å². The van der Waals surface area contributed by atoms with Crippen molar-refractivity contribution in [3.8, 4) is 0 Å². The maximum absolute atomic E-state index is 13.7. The topological polar surface area (TPSA) is 77.5 Å². The molecule has 1 N–H and O–H groups in total. The lowest BCUT2D eigenvalue weighted by atomic mass is 9.75. The molecule has 0 aromatic carbocycles. The molecule has 1 saturated carbocycles. The van der Waals surface area contributed by atoms with E-state index in [9.17, 15) is 9.59 Å². The zero-order valence-electron chi connectivity index (χ0n) is 22.2. The molecule has 1 aliphatic carbocycles. The first-order valence-corrected chi connectivity index (χ1v) is 13.8. The number of carbonyl (C=O) groups is 2. The molecule has 6 atom stereocenters. The number of esters is 2. The van der Waals surface area contributed by atoms with Crippen LogP contribution in [0, 0.1) is 29.6 Å². The highest BCUT2D eigenvalue weighted by molar-refractivity contribution is 7.09. The van der Waals surface area contributed by atoms with E-state index in [4.69, 9.17) is 9.47 Å². The molecule has 1 aromatic rings. The van der Waals surface area contributed by atoms with Gasteiger partial charge in [-0.2, -0.15) is 0 Å². The zero-order chi connectivity index (χ0) is 25.3. The lowest BCUT2D eigenvalue weighted by molar-refractivity contribution is -0.164. The van der Waals surface area contributed by atoms with Crippen LogP contribution in [0.15, 0.2) is 11.6 Å². The first kappa shape index (κ1) is 27.1. The summed E-state index contributed by atoms with van der Waals surface area (Å²) in [6.07, 6.45) is 5.79. The lowest BCUT2D eigenvalue weighted by Gasteiger charge is -2.37. The smallest absolute Gasteiger partial charge is 0.326 e. The van der Waals surface area contributed by atoms with Gasteiger partial charge in [0.2, 0.25) is 0 Å². The number of carbonyl (C=O) groups excluding carboxylic acids is 2. The fourth-order valence-corrected chi connectivity index (χ4v) is 6.47. The summed E-state index contributed by atoms with van der Waals surface area (Å²) >= 11 is 1.50. The monoisotopic (exact) mass is 492 g/mol. The quantitative estimate of drug-likeness (QED) is 0.476. The van der Waals surface area contributed by atoms with Crippen molar-refractivity contribution in [1.29, 1.82) is 0 Å². The minimum Gasteiger partial charge on any atom is -0.462 e. The van der Waals surface area contributed by atoms with Gasteiger partial charge in [-0.1, -0.05) is 41.0 Å². The maximum atomic E-state index is 13.7. The Hall–Kier alpha value is -1.47. The Labute approximate surface area is 209 Å². The van der Waals surface area contributed by atoms with Gasteiger partial charge in [-0.25, -0.2) is 4.98 Å². The SMILES string of the molecule is CC(C)C[C@@]1(C(=O)OC(C)(C)C)C[C@H](C(=O)OC2C[C@H](C)CC[C@H]2C(C)C)[C@H](c2nccs2)N1. The van der Waals surface area contributed by atoms with Crippen LogP contribution in [0.2, 0.25) is 0 Å². The predicted octanol–water partition coefficient (Wildman–Crippen LogP) is 5.92. The minimum atomic E-state index is -0.946. The van der Waals surface area contributed by atoms with Crippen molar-refractivity contribution in [2.75, 3.05) is 0 Å². The second kappa shape index (κ2) is 10.7. The molecule has 0 bridgehead atoms. The minimum absolute atomic E-state index is 0.0742. The van der Waals surface area contributed by atoms with Crippen molar-refractivity contribution in [2.24, 2.45) is 29.6 Å². The molecular formula is C27H44N2O4S. The van der Waals surface area contributed by atoms with Crippen LogP contribution in [0.3, 0.4) is 0 Å². The Morgan fingerprint density at radius 3 is 2.50 bits per heavy atom. The van der Waals surface area contributed by atoms with Crippen molar-refractivity contribution in [3.05, 3.63) is 16.6 Å². The van der Waals surface area contributed by atoms with Gasteiger partial charge in [-0.15, -0.1) is 11.3 Å². The Bertz CT molecular complexity index is 832. The molecule has 1 saturated heterocycles. The maximum Gasteiger partial charge on any atom is 0.326 e. The number of nitrogens with zero attached hydrogens (tertiary/aromatic N) is 1. The van der Waals surface area contributed by atoms with Crippen molar-refractivity contribution in [2.45, 2.75) is 111 Å². The van der Waals surface area contributed by atoms with Gasteiger partial charge in [0.25, 0.3) is 0 Å². The second-order valence-corrected chi connectivity index (χ2v) is 13.2. The van der Waals surface area contributed by atoms with Gasteiger partial charge in [0.15, 0.2) is 0 Å². The molecule has 1 unspecified atom stereocenters. The zero-order valence-corrected chi connectivity index (χ0v) is 23.0. The van der Waals surface area contributed by atoms with Crippen LogP contribution < -0.4 is 5.32 Å². The van der Waals surface area contributed by atoms with Gasteiger partial charge >= 0.3 is 11.9 Å². The summed E-state index contributed by atoms with van der Waals surface area (Å²) in [5.41, 5.74) is -1.56. The summed E-state index contributed by atoms with van der Waals surface area (Å²) in [4.78, 5) is 31.8. The Kier molecular flexibility index (Phi) is 8.50. The highest BCUT2D eigenvalue weighted by Gasteiger charge is 2.56. The summed E-state index contributed by atoms with van der Waals surface area (Å²) < 4.78 is 12.1. The van der Waals surface area contributed by atoms with Crippen molar-refractivity contribution >= 4 is 23.3 Å². The van der Waals surface area contributed by atoms with Crippen LogP contribution in [0.4, 0.5) is 0 Å². The molecule has 2 heterocycles. The summed E-state index contributed by atoms with van der Waals surface area (Å²) in [5.74, 6) is 0.635. The number of rotatable bonds is 7. The van der Waals surface area contributed by atoms with E-state index in [2.05, 4.69) is 44.9 Å². The molecule has 192 valence electrons. The number of thiazole rings is 1. The third kappa shape index (κ3) is 6.39. The van der Waals surface area contributed by atoms with E-state index in [0.717, 1.165) is 17.8 Å². The van der Waals surface area contributed by atoms with Crippen LogP contribution in [-0.2, 0) is 19.1 Å². The molecule has 7 heteroatoms. The summed E-state index contributed by atoms with van der Waals surface area (Å²) in [6, 6.07) is -0.364. The molecule has 34 heavy (non-hydrogen) atoms. The molecule has 0 radical (unpaired) electrons. The van der Waals surface area contributed by atoms with E-state index in [0.29, 0.717) is 30.6 Å². The van der Waals surface area contributed by atoms with E-state index in [1.54, 1.807) is 6.20 Å². The van der Waals surface area contributed by atoms with Crippen LogP contribution in [0.5, 0.6) is 0 Å². The third-order valence-corrected chi connectivity index (χ3v) is 8.06. The van der Waals surface area contributed by atoms with E-state index in [1.165, 1.54) is 17.8 Å². The molecular weight excluding hydrogens is 448 g/mol. The standard InChI is InChI=1S/C27H44N2O4S/c1-16(2)14-27(25(31)33-26(6,7)8)15-20(22(29-27)23-28-11-12-34-23)24(30)32-21-13-18(5)9-10-19(21)17(3)4/h11-12,16-22,29H,9-10,13-15H2,1-8H3/t18-,19+,20+,21?,22-,27+/m1/s1. The number of aromatic nitrogens is 1. The fourth-order valence-electron chi connectivity index (χ4n) is 5.72. The highest BCUT2D eigenvalue weighted by Crippen LogP contribution is 2.45. The van der Waals surface area contributed by atoms with Gasteiger partial charge in [-0.05, 0) is 70.1 Å². The Morgan fingerprint density at radius 1 is 1.24 bits per heavy atom.